The minimum absolute atomic E-state index is 0.340. The molecule has 0 bridgehead atoms. The van der Waals surface area contributed by atoms with Crippen LogP contribution in [0.1, 0.15) is 0 Å². The summed E-state index contributed by atoms with van der Waals surface area (Å²) in [5.74, 6) is 0. The van der Waals surface area contributed by atoms with Gasteiger partial charge in [0.15, 0.2) is 0 Å². The summed E-state index contributed by atoms with van der Waals surface area (Å²) in [6, 6.07) is 6.81. The average Bonchev–Trinajstić information content (AvgIpc) is 2.04. The minimum Gasteiger partial charge on any atom is -0.360 e. The van der Waals surface area contributed by atoms with Gasteiger partial charge in [0.25, 0.3) is 0 Å². The van der Waals surface area contributed by atoms with Crippen LogP contribution in [-0.2, 0) is 9.84 Å². The summed E-state index contributed by atoms with van der Waals surface area (Å²) in [6.45, 7) is 0. The lowest BCUT2D eigenvalue weighted by Crippen LogP contribution is -2.06. The second-order valence-corrected chi connectivity index (χ2v) is 4.29. The van der Waals surface area contributed by atoms with Crippen molar-refractivity contribution in [3.05, 3.63) is 35.9 Å². The maximum absolute atomic E-state index is 11.3. The molecule has 0 unspecified atom stereocenters. The lowest BCUT2D eigenvalue weighted by Gasteiger charge is -2.11. The molecule has 0 spiro atoms. The molecule has 2 rings (SSSR count). The second kappa shape index (κ2) is 2.35. The average molecular weight is 181 g/mol. The first-order chi connectivity index (χ1) is 5.70. The van der Waals surface area contributed by atoms with E-state index in [-0.39, 0.29) is 0 Å². The molecule has 1 aliphatic rings. The van der Waals surface area contributed by atoms with Crippen LogP contribution in [0.2, 0.25) is 0 Å². The van der Waals surface area contributed by atoms with Crippen LogP contribution in [0.25, 0.3) is 0 Å². The summed E-state index contributed by atoms with van der Waals surface area (Å²) in [5, 5.41) is 4.02. The van der Waals surface area contributed by atoms with Crippen LogP contribution in [0.4, 0.5) is 5.69 Å². The van der Waals surface area contributed by atoms with Gasteiger partial charge in [-0.2, -0.15) is 0 Å². The zero-order chi connectivity index (χ0) is 8.60. The van der Waals surface area contributed by atoms with Gasteiger partial charge in [0.05, 0.1) is 16.0 Å². The Hall–Kier alpha value is -1.29. The van der Waals surface area contributed by atoms with E-state index < -0.39 is 9.84 Å². The molecule has 1 aromatic carbocycles. The maximum atomic E-state index is 11.3. The molecule has 3 nitrogen and oxygen atoms in total. The maximum Gasteiger partial charge on any atom is 0.203 e. The molecule has 1 aliphatic heterocycles. The Kier molecular flexibility index (Phi) is 1.44. The van der Waals surface area contributed by atoms with Crippen LogP contribution in [0, 0.1) is 0 Å². The van der Waals surface area contributed by atoms with Crippen molar-refractivity contribution in [2.24, 2.45) is 0 Å². The first-order valence-corrected chi connectivity index (χ1v) is 5.02. The van der Waals surface area contributed by atoms with E-state index in [4.69, 9.17) is 0 Å². The number of sulfone groups is 1. The number of rotatable bonds is 0. The third-order valence-corrected chi connectivity index (χ3v) is 3.14. The number of anilines is 1. The van der Waals surface area contributed by atoms with Gasteiger partial charge < -0.3 is 5.32 Å². The smallest absolute Gasteiger partial charge is 0.203 e. The van der Waals surface area contributed by atoms with Crippen LogP contribution >= 0.6 is 0 Å². The van der Waals surface area contributed by atoms with Crippen LogP contribution < -0.4 is 5.32 Å². The van der Waals surface area contributed by atoms with E-state index >= 15 is 0 Å². The van der Waals surface area contributed by atoms with Crippen molar-refractivity contribution >= 4 is 15.5 Å². The third kappa shape index (κ3) is 1.00. The van der Waals surface area contributed by atoms with Gasteiger partial charge in [-0.1, -0.05) is 12.1 Å². The predicted octanol–water partition coefficient (Wildman–Crippen LogP) is 1.36. The van der Waals surface area contributed by atoms with Crippen molar-refractivity contribution < 1.29 is 8.42 Å². The molecule has 1 aromatic rings. The van der Waals surface area contributed by atoms with Crippen molar-refractivity contribution in [1.29, 1.82) is 0 Å². The lowest BCUT2D eigenvalue weighted by molar-refractivity contribution is 0.604. The monoisotopic (exact) mass is 181 g/mol. The van der Waals surface area contributed by atoms with Gasteiger partial charge >= 0.3 is 0 Å². The normalized spacial score (nSPS) is 18.0. The van der Waals surface area contributed by atoms with Crippen LogP contribution in [0.15, 0.2) is 40.8 Å². The van der Waals surface area contributed by atoms with E-state index in [1.54, 1.807) is 24.3 Å². The summed E-state index contributed by atoms with van der Waals surface area (Å²) in [4.78, 5) is 0.340. The topological polar surface area (TPSA) is 46.2 Å². The van der Waals surface area contributed by atoms with Gasteiger partial charge in [0.2, 0.25) is 9.84 Å². The molecule has 0 saturated heterocycles. The SMILES string of the molecule is O=S1(=O)C=CNc2ccccc21. The molecular weight excluding hydrogens is 174 g/mol. The van der Waals surface area contributed by atoms with Gasteiger partial charge in [0, 0.05) is 6.20 Å². The molecule has 1 N–H and O–H groups in total. The molecule has 0 amide bonds. The number of hydrogen-bond donors (Lipinski definition) is 1. The molecule has 1 heterocycles. The highest BCUT2D eigenvalue weighted by Crippen LogP contribution is 2.25. The molecule has 0 aromatic heterocycles. The van der Waals surface area contributed by atoms with Gasteiger partial charge in [0.1, 0.15) is 0 Å². The van der Waals surface area contributed by atoms with E-state index in [0.717, 1.165) is 5.41 Å². The molecule has 62 valence electrons. The van der Waals surface area contributed by atoms with E-state index in [1.165, 1.54) is 6.20 Å². The summed E-state index contributed by atoms with van der Waals surface area (Å²) >= 11 is 0. The first kappa shape index (κ1) is 7.36. The zero-order valence-electron chi connectivity index (χ0n) is 6.19. The lowest BCUT2D eigenvalue weighted by atomic mass is 10.3. The fourth-order valence-corrected chi connectivity index (χ4v) is 2.22. The molecular formula is C8H7NO2S. The second-order valence-electron chi connectivity index (χ2n) is 2.49. The summed E-state index contributed by atoms with van der Waals surface area (Å²) in [7, 11) is -3.19. The van der Waals surface area contributed by atoms with Gasteiger partial charge in [-0.15, -0.1) is 0 Å². The molecule has 4 heteroatoms. The Labute approximate surface area is 70.6 Å². The number of fused-ring (bicyclic) bond motifs is 1. The van der Waals surface area contributed by atoms with E-state index in [1.807, 2.05) is 0 Å². The number of nitrogens with one attached hydrogen (secondary N) is 1. The Morgan fingerprint density at radius 2 is 1.92 bits per heavy atom. The number of hydrogen-bond acceptors (Lipinski definition) is 3. The minimum atomic E-state index is -3.19. The molecule has 12 heavy (non-hydrogen) atoms. The number of benzene rings is 1. The molecule has 0 atom stereocenters. The highest BCUT2D eigenvalue weighted by molar-refractivity contribution is 7.94. The quantitative estimate of drug-likeness (QED) is 0.657. The van der Waals surface area contributed by atoms with E-state index in [0.29, 0.717) is 10.6 Å². The van der Waals surface area contributed by atoms with Crippen molar-refractivity contribution in [1.82, 2.24) is 0 Å². The highest BCUT2D eigenvalue weighted by Gasteiger charge is 2.17. The zero-order valence-corrected chi connectivity index (χ0v) is 7.01. The summed E-state index contributed by atoms with van der Waals surface area (Å²) in [5.41, 5.74) is 0.639. The van der Waals surface area contributed by atoms with Gasteiger partial charge in [-0.05, 0) is 12.1 Å². The molecule has 0 radical (unpaired) electrons. The van der Waals surface area contributed by atoms with E-state index in [2.05, 4.69) is 5.32 Å². The van der Waals surface area contributed by atoms with E-state index in [9.17, 15) is 8.42 Å². The molecule has 0 aliphatic carbocycles. The van der Waals surface area contributed by atoms with Gasteiger partial charge in [-0.3, -0.25) is 0 Å². The largest absolute Gasteiger partial charge is 0.360 e. The molecule has 0 saturated carbocycles. The summed E-state index contributed by atoms with van der Waals surface area (Å²) < 4.78 is 22.7. The van der Waals surface area contributed by atoms with Crippen LogP contribution in [-0.4, -0.2) is 8.42 Å². The number of para-hydroxylation sites is 1. The van der Waals surface area contributed by atoms with Gasteiger partial charge in [-0.25, -0.2) is 8.42 Å². The Morgan fingerprint density at radius 1 is 1.17 bits per heavy atom. The highest BCUT2D eigenvalue weighted by atomic mass is 32.2. The fraction of sp³-hybridized carbons (Fsp3) is 0. The van der Waals surface area contributed by atoms with Crippen molar-refractivity contribution in [3.8, 4) is 0 Å². The Bertz CT molecular complexity index is 434. The van der Waals surface area contributed by atoms with Crippen LogP contribution in [0.5, 0.6) is 0 Å². The van der Waals surface area contributed by atoms with Crippen LogP contribution in [0.3, 0.4) is 0 Å². The molecule has 0 fully saturated rings. The predicted molar refractivity (Wildman–Crippen MR) is 46.4 cm³/mol. The van der Waals surface area contributed by atoms with Crippen molar-refractivity contribution in [2.75, 3.05) is 5.32 Å². The first-order valence-electron chi connectivity index (χ1n) is 3.47. The Morgan fingerprint density at radius 3 is 2.67 bits per heavy atom. The third-order valence-electron chi connectivity index (χ3n) is 1.68. The Balaban J connectivity index is 2.75. The van der Waals surface area contributed by atoms with Crippen molar-refractivity contribution in [3.63, 3.8) is 0 Å². The fourth-order valence-electron chi connectivity index (χ4n) is 1.12. The standard InChI is InChI=1S/C8H7NO2S/c10-12(11)6-5-9-7-3-1-2-4-8(7)12/h1-6,9H. The summed E-state index contributed by atoms with van der Waals surface area (Å²) in [6.07, 6.45) is 1.43. The van der Waals surface area contributed by atoms with Crippen molar-refractivity contribution in [2.45, 2.75) is 4.90 Å².